The van der Waals surface area contributed by atoms with E-state index in [-0.39, 0.29) is 52.3 Å². The van der Waals surface area contributed by atoms with Crippen LogP contribution in [0.15, 0.2) is 0 Å². The second-order valence-corrected chi connectivity index (χ2v) is 28.4. The molecule has 0 bridgehead atoms. The average Bonchev–Trinajstić information content (AvgIpc) is 3.33. The third-order valence-corrected chi connectivity index (χ3v) is 16.5. The predicted molar refractivity (Wildman–Crippen MR) is 259 cm³/mol. The lowest BCUT2D eigenvalue weighted by Gasteiger charge is -2.29. The highest BCUT2D eigenvalue weighted by Gasteiger charge is 2.22. The summed E-state index contributed by atoms with van der Waals surface area (Å²) in [4.78, 5) is 143. The highest BCUT2D eigenvalue weighted by Crippen LogP contribution is 2.46. The number of rotatable bonds is 47. The number of phosphoric ester groups is 10. The fraction of sp³-hybridized carbons (Fsp3) is 1.00. The molecule has 0 radical (unpaired) electrons. The fourth-order valence-electron chi connectivity index (χ4n) is 4.14. The molecule has 0 aromatic carbocycles. The van der Waals surface area contributed by atoms with Gasteiger partial charge in [-0.25, -0.2) is 0 Å². The topological polar surface area (TPSA) is 650 Å². The minimum Gasteiger partial charge on any atom is -0.756 e. The van der Waals surface area contributed by atoms with Gasteiger partial charge in [-0.05, 0) is 46.5 Å². The first-order valence-corrected chi connectivity index (χ1v) is 38.4. The molecule has 0 spiro atoms. The molecule has 83 heavy (non-hydrogen) atoms. The third kappa shape index (κ3) is 64.4. The summed E-state index contributed by atoms with van der Waals surface area (Å²) in [6.45, 7) is 1.13. The molecule has 0 fully saturated rings. The summed E-state index contributed by atoms with van der Waals surface area (Å²) in [6, 6.07) is 0. The van der Waals surface area contributed by atoms with E-state index in [2.05, 4.69) is 72.4 Å². The summed E-state index contributed by atoms with van der Waals surface area (Å²) in [5.74, 6) is -3.00. The van der Waals surface area contributed by atoms with Crippen molar-refractivity contribution in [2.75, 3.05) is 112 Å². The van der Waals surface area contributed by atoms with Crippen LogP contribution >= 0.6 is 78.2 Å². The van der Waals surface area contributed by atoms with Crippen LogP contribution in [0.1, 0.15) is 74.1 Å². The molecule has 0 rings (SSSR count). The molecule has 0 heterocycles. The Labute approximate surface area is 478 Å². The van der Waals surface area contributed by atoms with E-state index in [1.54, 1.807) is 13.8 Å². The van der Waals surface area contributed by atoms with E-state index < -0.39 is 181 Å². The molecule has 0 aliphatic rings. The van der Waals surface area contributed by atoms with Crippen LogP contribution in [-0.4, -0.2) is 137 Å². The number of aliphatic hydroxyl groups excluding tert-OH is 1. The van der Waals surface area contributed by atoms with Crippen LogP contribution in [0.2, 0.25) is 0 Å². The van der Waals surface area contributed by atoms with Gasteiger partial charge in [0.05, 0.1) is 106 Å². The van der Waals surface area contributed by atoms with Crippen molar-refractivity contribution in [1.29, 1.82) is 0 Å². The number of phosphoric acid groups is 10. The second-order valence-electron chi connectivity index (χ2n) is 15.2. The molecular weight excluding hydrogens is 1350 g/mol. The Morgan fingerprint density at radius 3 is 0.542 bits per heavy atom. The van der Waals surface area contributed by atoms with E-state index in [0.717, 1.165) is 0 Å². The SMILES string of the molecule is CCC(CO)COP(=O)([O-])OCCOP(=O)([O-])OCC(CC)COP(=O)([O-])OCCOP(=O)([O-])OCC(CC)COP(=O)([O-])OCCOP(=O)([O-])OCC(CC)COP(=O)([O-])O.CCOP(=O)([O-])O.CCOP(=O)([O-])O.CCOP(=O)([O-])O. The molecule has 0 aliphatic heterocycles. The first-order chi connectivity index (χ1) is 37.7. The van der Waals surface area contributed by atoms with Gasteiger partial charge in [0.15, 0.2) is 0 Å². The zero-order valence-electron chi connectivity index (χ0n) is 45.6. The first-order valence-electron chi connectivity index (χ1n) is 23.7. The maximum Gasteiger partial charge on any atom is 0.267 e. The van der Waals surface area contributed by atoms with E-state index in [1.807, 2.05) is 0 Å². The normalized spacial score (nSPS) is 20.6. The van der Waals surface area contributed by atoms with Crippen LogP contribution in [0.4, 0.5) is 0 Å². The molecular formula is C32H72O41P10-10. The Balaban J connectivity index is -0.00000124. The van der Waals surface area contributed by atoms with Crippen molar-refractivity contribution < 1.29 is 192 Å². The van der Waals surface area contributed by atoms with Crippen molar-refractivity contribution in [3.63, 3.8) is 0 Å². The van der Waals surface area contributed by atoms with Crippen LogP contribution in [0, 0.1) is 23.7 Å². The number of hydrogen-bond donors (Lipinski definition) is 5. The number of hydrogen-bond acceptors (Lipinski definition) is 37. The molecule has 51 heteroatoms. The molecule has 0 saturated heterocycles. The number of aliphatic hydroxyl groups is 1. The third-order valence-electron chi connectivity index (χ3n) is 8.47. The van der Waals surface area contributed by atoms with Crippen LogP contribution in [0.3, 0.4) is 0 Å². The molecule has 41 nitrogen and oxygen atoms in total. The molecule has 14 atom stereocenters. The average molecular weight is 1420 g/mol. The van der Waals surface area contributed by atoms with E-state index in [0.29, 0.717) is 6.42 Å². The zero-order chi connectivity index (χ0) is 65.5. The largest absolute Gasteiger partial charge is 0.756 e. The van der Waals surface area contributed by atoms with E-state index >= 15 is 0 Å². The van der Waals surface area contributed by atoms with Crippen LogP contribution < -0.4 is 48.9 Å². The maximum absolute atomic E-state index is 12.1. The Kier molecular flexibility index (Phi) is 50.3. The van der Waals surface area contributed by atoms with Gasteiger partial charge in [0.25, 0.3) is 78.2 Å². The van der Waals surface area contributed by atoms with E-state index in [1.165, 1.54) is 34.6 Å². The Hall–Kier alpha value is 1.06. The van der Waals surface area contributed by atoms with Crippen LogP contribution in [0.25, 0.3) is 0 Å². The standard InChI is InChI=1S/C26H61O29P7.3C2H7O4P/c1-5-23(15-27)16-50-57(31,32)43-9-10-45-59(35,36)52-19-25(7-3)20-54-61(39,40)47-13-14-48-62(41,42)55-22-26(8-4)21-53-60(37,38)46-12-11-44-58(33,34)51-18-24(6-2)17-49-56(28,29)30;3*1-2-6-7(3,4)5/h23-27H,5-22H2,1-4H3,(H,31,32)(H,33,34)(H,35,36)(H,37,38)(H,39,40)(H,41,42)(H2,28,29,30);3*2H2,1H3,(H2,3,4,5)/p-10. The maximum atomic E-state index is 12.1. The highest BCUT2D eigenvalue weighted by molar-refractivity contribution is 7.47. The van der Waals surface area contributed by atoms with Crippen LogP contribution in [0.5, 0.6) is 0 Å². The van der Waals surface area contributed by atoms with Crippen molar-refractivity contribution in [3.05, 3.63) is 0 Å². The fourth-order valence-corrected chi connectivity index (χ4v) is 10.1. The Morgan fingerprint density at radius 2 is 0.422 bits per heavy atom. The van der Waals surface area contributed by atoms with E-state index in [4.69, 9.17) is 24.7 Å². The Bertz CT molecular complexity index is 2120. The predicted octanol–water partition coefficient (Wildman–Crippen LogP) is -1.98. The lowest BCUT2D eigenvalue weighted by molar-refractivity contribution is -0.237. The molecule has 0 saturated carbocycles. The molecule has 0 aromatic heterocycles. The first kappa shape index (κ1) is 90.5. The summed E-state index contributed by atoms with van der Waals surface area (Å²) in [5.41, 5.74) is 0. The highest BCUT2D eigenvalue weighted by atomic mass is 31.2. The van der Waals surface area contributed by atoms with Gasteiger partial charge in [-0.15, -0.1) is 0 Å². The van der Waals surface area contributed by atoms with Crippen molar-refractivity contribution >= 4 is 78.2 Å². The lowest BCUT2D eigenvalue weighted by Crippen LogP contribution is -2.22. The van der Waals surface area contributed by atoms with Gasteiger partial charge in [-0.1, -0.05) is 27.7 Å². The van der Waals surface area contributed by atoms with Gasteiger partial charge in [0, 0.05) is 30.3 Å². The molecule has 506 valence electrons. The van der Waals surface area contributed by atoms with E-state index in [9.17, 15) is 94.6 Å². The summed E-state index contributed by atoms with van der Waals surface area (Å²) >= 11 is 0. The van der Waals surface area contributed by atoms with Crippen molar-refractivity contribution in [2.45, 2.75) is 74.1 Å². The second kappa shape index (κ2) is 46.2. The minimum absolute atomic E-state index is 0.0166. The zero-order valence-corrected chi connectivity index (χ0v) is 54.5. The smallest absolute Gasteiger partial charge is 0.267 e. The van der Waals surface area contributed by atoms with Gasteiger partial charge < -0.3 is 146 Å². The summed E-state index contributed by atoms with van der Waals surface area (Å²) < 4.78 is 182. The molecule has 5 N–H and O–H groups in total. The van der Waals surface area contributed by atoms with Gasteiger partial charge in [0.1, 0.15) is 0 Å². The van der Waals surface area contributed by atoms with Gasteiger partial charge >= 0.3 is 0 Å². The van der Waals surface area contributed by atoms with Gasteiger partial charge in [-0.3, -0.25) is 45.7 Å². The van der Waals surface area contributed by atoms with Crippen LogP contribution in [-0.2, 0) is 118 Å². The molecule has 14 unspecified atom stereocenters. The molecule has 0 aromatic rings. The lowest BCUT2D eigenvalue weighted by atomic mass is 10.1. The van der Waals surface area contributed by atoms with Gasteiger partial charge in [0.2, 0.25) is 0 Å². The molecule has 0 aliphatic carbocycles. The monoisotopic (exact) mass is 1420 g/mol. The molecule has 0 amide bonds. The summed E-state index contributed by atoms with van der Waals surface area (Å²) in [6.07, 6.45) is 0.835. The Morgan fingerprint density at radius 1 is 0.265 bits per heavy atom. The van der Waals surface area contributed by atoms with Crippen molar-refractivity contribution in [1.82, 2.24) is 0 Å². The van der Waals surface area contributed by atoms with Crippen molar-refractivity contribution in [2.24, 2.45) is 23.7 Å². The quantitative estimate of drug-likeness (QED) is 0.0326. The van der Waals surface area contributed by atoms with Gasteiger partial charge in [-0.2, -0.15) is 0 Å². The minimum atomic E-state index is -5.12. The van der Waals surface area contributed by atoms with Crippen molar-refractivity contribution in [3.8, 4) is 0 Å². The summed E-state index contributed by atoms with van der Waals surface area (Å²) in [7, 11) is -48.5. The summed E-state index contributed by atoms with van der Waals surface area (Å²) in [5, 5.41) is 9.08.